The van der Waals surface area contributed by atoms with Gasteiger partial charge < -0.3 is 16.2 Å². The molecule has 0 aliphatic carbocycles. The van der Waals surface area contributed by atoms with Crippen molar-refractivity contribution in [3.63, 3.8) is 0 Å². The monoisotopic (exact) mass is 302 g/mol. The fourth-order valence-corrected chi connectivity index (χ4v) is 1.30. The van der Waals surface area contributed by atoms with Gasteiger partial charge in [-0.25, -0.2) is 0 Å². The lowest BCUT2D eigenvalue weighted by atomic mass is 10.2. The highest BCUT2D eigenvalue weighted by Crippen LogP contribution is 2.36. The first-order valence-corrected chi connectivity index (χ1v) is 4.73. The van der Waals surface area contributed by atoms with Crippen molar-refractivity contribution < 1.29 is 22.3 Å². The Morgan fingerprint density at radius 1 is 1.19 bits per heavy atom. The minimum absolute atomic E-state index is 0.0134. The van der Waals surface area contributed by atoms with Crippen LogP contribution in [0.15, 0.2) is 16.6 Å². The van der Waals surface area contributed by atoms with Crippen LogP contribution in [0.25, 0.3) is 0 Å². The Morgan fingerprint density at radius 2 is 1.69 bits per heavy atom. The lowest BCUT2D eigenvalue weighted by Gasteiger charge is -2.18. The highest BCUT2D eigenvalue weighted by molar-refractivity contribution is 9.10. The number of anilines is 2. The van der Waals surface area contributed by atoms with E-state index < -0.39 is 18.3 Å². The predicted molar refractivity (Wildman–Crippen MR) is 54.5 cm³/mol. The van der Waals surface area contributed by atoms with Crippen molar-refractivity contribution in [1.82, 2.24) is 0 Å². The highest BCUT2D eigenvalue weighted by atomic mass is 79.9. The Balaban J connectivity index is 3.02. The van der Waals surface area contributed by atoms with Crippen LogP contribution in [0.1, 0.15) is 0 Å². The molecular formula is C8H7BrF4N2O. The van der Waals surface area contributed by atoms with Gasteiger partial charge in [-0.15, -0.1) is 0 Å². The van der Waals surface area contributed by atoms with Crippen molar-refractivity contribution in [2.24, 2.45) is 0 Å². The third-order valence-corrected chi connectivity index (χ3v) is 2.26. The van der Waals surface area contributed by atoms with Crippen LogP contribution in [0.3, 0.4) is 0 Å². The Hall–Kier alpha value is -1.18. The lowest BCUT2D eigenvalue weighted by Crippen LogP contribution is -2.33. The summed E-state index contributed by atoms with van der Waals surface area (Å²) >= 11 is 2.84. The first-order valence-electron chi connectivity index (χ1n) is 3.93. The standard InChI is InChI=1S/C8H7BrF4N2O/c9-3-1-4(14)5(15)2-6(3)16-8(12,13)7(10)11/h1-2,7H,14-15H2. The maximum absolute atomic E-state index is 12.6. The number of rotatable bonds is 3. The fraction of sp³-hybridized carbons (Fsp3) is 0.250. The average molecular weight is 303 g/mol. The summed E-state index contributed by atoms with van der Waals surface area (Å²) in [6.07, 6.45) is -8.51. The van der Waals surface area contributed by atoms with E-state index in [4.69, 9.17) is 11.5 Å². The summed E-state index contributed by atoms with van der Waals surface area (Å²) in [6, 6.07) is 2.13. The number of hydrogen-bond acceptors (Lipinski definition) is 3. The van der Waals surface area contributed by atoms with E-state index in [0.717, 1.165) is 6.07 Å². The molecule has 1 aromatic carbocycles. The molecule has 0 spiro atoms. The van der Waals surface area contributed by atoms with Crippen LogP contribution < -0.4 is 16.2 Å². The zero-order valence-corrected chi connectivity index (χ0v) is 9.27. The summed E-state index contributed by atoms with van der Waals surface area (Å²) in [5.74, 6) is -0.503. The molecule has 1 rings (SSSR count). The largest absolute Gasteiger partial charge is 0.461 e. The Kier molecular flexibility index (Phi) is 3.51. The van der Waals surface area contributed by atoms with Gasteiger partial charge in [0.2, 0.25) is 0 Å². The minimum Gasteiger partial charge on any atom is -0.427 e. The molecule has 4 N–H and O–H groups in total. The highest BCUT2D eigenvalue weighted by Gasteiger charge is 2.44. The second-order valence-corrected chi connectivity index (χ2v) is 3.73. The van der Waals surface area contributed by atoms with Crippen molar-refractivity contribution in [2.45, 2.75) is 12.5 Å². The molecule has 0 radical (unpaired) electrons. The molecule has 0 amide bonds. The van der Waals surface area contributed by atoms with Crippen molar-refractivity contribution in [2.75, 3.05) is 11.5 Å². The summed E-state index contributed by atoms with van der Waals surface area (Å²) in [6.45, 7) is 0. The molecule has 0 saturated carbocycles. The van der Waals surface area contributed by atoms with E-state index in [1.807, 2.05) is 0 Å². The zero-order chi connectivity index (χ0) is 12.5. The number of benzene rings is 1. The predicted octanol–water partition coefficient (Wildman–Crippen LogP) is 2.85. The van der Waals surface area contributed by atoms with Crippen LogP contribution in [0.2, 0.25) is 0 Å². The molecule has 0 bridgehead atoms. The SMILES string of the molecule is Nc1cc(Br)c(OC(F)(F)C(F)F)cc1N. The summed E-state index contributed by atoms with van der Waals surface area (Å²) in [7, 11) is 0. The van der Waals surface area contributed by atoms with Gasteiger partial charge in [-0.05, 0) is 22.0 Å². The summed E-state index contributed by atoms with van der Waals surface area (Å²) in [4.78, 5) is 0. The number of halogens is 5. The first-order chi connectivity index (χ1) is 7.24. The molecule has 3 nitrogen and oxygen atoms in total. The average Bonchev–Trinajstić information content (AvgIpc) is 2.13. The van der Waals surface area contributed by atoms with E-state index in [9.17, 15) is 17.6 Å². The van der Waals surface area contributed by atoms with Crippen LogP contribution in [0, 0.1) is 0 Å². The molecule has 0 aromatic heterocycles. The molecule has 0 heterocycles. The number of nitrogens with two attached hydrogens (primary N) is 2. The fourth-order valence-electron chi connectivity index (χ4n) is 0.854. The van der Waals surface area contributed by atoms with E-state index in [2.05, 4.69) is 20.7 Å². The van der Waals surface area contributed by atoms with Crippen molar-refractivity contribution in [3.8, 4) is 5.75 Å². The van der Waals surface area contributed by atoms with Crippen molar-refractivity contribution in [3.05, 3.63) is 16.6 Å². The molecular weight excluding hydrogens is 296 g/mol. The second-order valence-electron chi connectivity index (χ2n) is 2.88. The van der Waals surface area contributed by atoms with Gasteiger partial charge in [0.05, 0.1) is 15.8 Å². The summed E-state index contributed by atoms with van der Waals surface area (Å²) in [5, 5.41) is 0. The summed E-state index contributed by atoms with van der Waals surface area (Å²) in [5.41, 5.74) is 10.8. The van der Waals surface area contributed by atoms with Crippen LogP contribution in [0.4, 0.5) is 28.9 Å². The normalized spacial score (nSPS) is 11.9. The van der Waals surface area contributed by atoms with Gasteiger partial charge in [0.25, 0.3) is 0 Å². The van der Waals surface area contributed by atoms with E-state index in [1.54, 1.807) is 0 Å². The third-order valence-electron chi connectivity index (χ3n) is 1.64. The quantitative estimate of drug-likeness (QED) is 0.667. The van der Waals surface area contributed by atoms with E-state index >= 15 is 0 Å². The first kappa shape index (κ1) is 12.9. The van der Waals surface area contributed by atoms with Crippen LogP contribution in [-0.2, 0) is 0 Å². The molecule has 8 heteroatoms. The van der Waals surface area contributed by atoms with Crippen molar-refractivity contribution >= 4 is 27.3 Å². The minimum atomic E-state index is -4.58. The molecule has 0 atom stereocenters. The topological polar surface area (TPSA) is 61.3 Å². The maximum Gasteiger partial charge on any atom is 0.461 e. The van der Waals surface area contributed by atoms with Gasteiger partial charge in [-0.1, -0.05) is 0 Å². The molecule has 0 fully saturated rings. The Bertz CT molecular complexity index is 400. The van der Waals surface area contributed by atoms with Gasteiger partial charge in [0, 0.05) is 6.07 Å². The molecule has 16 heavy (non-hydrogen) atoms. The van der Waals surface area contributed by atoms with E-state index in [-0.39, 0.29) is 15.8 Å². The number of alkyl halides is 4. The van der Waals surface area contributed by atoms with Crippen LogP contribution in [0.5, 0.6) is 5.75 Å². The molecule has 90 valence electrons. The Labute approximate surface area is 96.5 Å². The molecule has 0 unspecified atom stereocenters. The van der Waals surface area contributed by atoms with E-state index in [0.29, 0.717) is 0 Å². The molecule has 1 aromatic rings. The molecule has 0 aliphatic heterocycles. The number of hydrogen-bond donors (Lipinski definition) is 2. The van der Waals surface area contributed by atoms with Gasteiger partial charge in [-0.3, -0.25) is 0 Å². The maximum atomic E-state index is 12.6. The van der Waals surface area contributed by atoms with Gasteiger partial charge in [-0.2, -0.15) is 17.6 Å². The van der Waals surface area contributed by atoms with Gasteiger partial charge in [0.15, 0.2) is 0 Å². The van der Waals surface area contributed by atoms with Crippen LogP contribution in [-0.4, -0.2) is 12.5 Å². The number of nitrogen functional groups attached to an aromatic ring is 2. The smallest absolute Gasteiger partial charge is 0.427 e. The van der Waals surface area contributed by atoms with Gasteiger partial charge in [0.1, 0.15) is 5.75 Å². The van der Waals surface area contributed by atoms with Gasteiger partial charge >= 0.3 is 12.5 Å². The Morgan fingerprint density at radius 3 is 2.19 bits per heavy atom. The molecule has 0 saturated heterocycles. The summed E-state index contributed by atoms with van der Waals surface area (Å²) < 4.78 is 52.8. The van der Waals surface area contributed by atoms with E-state index in [1.165, 1.54) is 6.07 Å². The molecule has 0 aliphatic rings. The zero-order valence-electron chi connectivity index (χ0n) is 7.68. The second kappa shape index (κ2) is 4.36. The van der Waals surface area contributed by atoms with Crippen molar-refractivity contribution in [1.29, 1.82) is 0 Å². The van der Waals surface area contributed by atoms with Crippen LogP contribution >= 0.6 is 15.9 Å². The third kappa shape index (κ3) is 2.69. The number of ether oxygens (including phenoxy) is 1. The lowest BCUT2D eigenvalue weighted by molar-refractivity contribution is -0.253.